The van der Waals surface area contributed by atoms with E-state index >= 15 is 0 Å². The SMILES string of the molecule is CC(=O)N[C@H](C(=O)N1C[C@H](O)CC1C(=O)N[C@@H](C)c1ccc(-c2scnc2C)cc1CC(C)(C)C)C(C)(C)C.Cc1ncsc1-c1ccc([C@H](C)NC(=O)C2C[C@@H](O)CN2C(=O)[C@@H](NC(=O)C(C)C)C(C)(C)C)cc1.Cc1ncsc1-c1ccc([C@H](C)NC(=O)C2C[C@@H](O)CN2C(=O)[C@@H](NC(C)C)C(C)(C)C)cc1. The number of thiazole rings is 3. The number of aliphatic hydroxyl groups is 3. The molecular formula is C83H120N12O11S3. The average molecular weight is 1560 g/mol. The lowest BCUT2D eigenvalue weighted by Crippen LogP contribution is -2.58. The van der Waals surface area contributed by atoms with Gasteiger partial charge >= 0.3 is 0 Å². The Morgan fingerprint density at radius 3 is 1.10 bits per heavy atom. The molecule has 3 aliphatic heterocycles. The molecule has 3 aliphatic rings. The summed E-state index contributed by atoms with van der Waals surface area (Å²) in [4.78, 5) is 126. The van der Waals surface area contributed by atoms with Crippen LogP contribution in [0.1, 0.15) is 215 Å². The molecule has 0 saturated carbocycles. The van der Waals surface area contributed by atoms with Gasteiger partial charge in [0.2, 0.25) is 47.3 Å². The van der Waals surface area contributed by atoms with E-state index in [0.29, 0.717) is 0 Å². The smallest absolute Gasteiger partial charge is 0.246 e. The van der Waals surface area contributed by atoms with Crippen molar-refractivity contribution < 1.29 is 53.7 Å². The first kappa shape index (κ1) is 88.4. The van der Waals surface area contributed by atoms with Crippen LogP contribution in [0.15, 0.2) is 83.3 Å². The van der Waals surface area contributed by atoms with Gasteiger partial charge in [-0.2, -0.15) is 0 Å². The predicted octanol–water partition coefficient (Wildman–Crippen LogP) is 11.5. The summed E-state index contributed by atoms with van der Waals surface area (Å²) in [6.45, 7) is 44.7. The monoisotopic (exact) mass is 1560 g/mol. The molecule has 23 nitrogen and oxygen atoms in total. The molecule has 3 fully saturated rings. The third kappa shape index (κ3) is 23.6. The summed E-state index contributed by atoms with van der Waals surface area (Å²) in [7, 11) is 0. The molecule has 109 heavy (non-hydrogen) atoms. The molecule has 12 atom stereocenters. The van der Waals surface area contributed by atoms with Gasteiger partial charge in [0, 0.05) is 57.8 Å². The zero-order valence-electron chi connectivity index (χ0n) is 68.1. The molecule has 3 saturated heterocycles. The highest BCUT2D eigenvalue weighted by molar-refractivity contribution is 7.14. The molecule has 3 aromatic carbocycles. The average Bonchev–Trinajstić information content (AvgIpc) is 1.74. The number of likely N-dealkylation sites (tertiary alicyclic amines) is 3. The maximum atomic E-state index is 13.6. The lowest BCUT2D eigenvalue weighted by atomic mass is 9.84. The number of aryl methyl sites for hydroxylation is 3. The molecule has 8 amide bonds. The van der Waals surface area contributed by atoms with E-state index in [1.54, 1.807) is 52.8 Å². The molecule has 9 N–H and O–H groups in total. The van der Waals surface area contributed by atoms with Gasteiger partial charge in [-0.05, 0) is 115 Å². The number of hydrogen-bond donors (Lipinski definition) is 9. The fourth-order valence-electron chi connectivity index (χ4n) is 13.9. The number of aliphatic hydroxyl groups excluding tert-OH is 3. The summed E-state index contributed by atoms with van der Waals surface area (Å²) in [5.41, 5.74) is 14.4. The lowest BCUT2D eigenvalue weighted by Gasteiger charge is -2.36. The zero-order valence-corrected chi connectivity index (χ0v) is 70.6. The second-order valence-electron chi connectivity index (χ2n) is 34.7. The van der Waals surface area contributed by atoms with Crippen LogP contribution in [0.5, 0.6) is 0 Å². The highest BCUT2D eigenvalue weighted by atomic mass is 32.1. The second kappa shape index (κ2) is 37.0. The molecule has 26 heteroatoms. The van der Waals surface area contributed by atoms with E-state index in [0.717, 1.165) is 77.1 Å². The Hall–Kier alpha value is -7.85. The van der Waals surface area contributed by atoms with Crippen molar-refractivity contribution >= 4 is 81.3 Å². The van der Waals surface area contributed by atoms with E-state index in [-0.39, 0.29) is 127 Å². The number of nitrogens with zero attached hydrogens (tertiary/aromatic N) is 6. The zero-order chi connectivity index (χ0) is 81.3. The summed E-state index contributed by atoms with van der Waals surface area (Å²) >= 11 is 4.81. The summed E-state index contributed by atoms with van der Waals surface area (Å²) in [5.74, 6) is -2.56. The Morgan fingerprint density at radius 2 is 0.789 bits per heavy atom. The van der Waals surface area contributed by atoms with E-state index in [2.05, 4.69) is 85.8 Å². The molecule has 9 rings (SSSR count). The predicted molar refractivity (Wildman–Crippen MR) is 433 cm³/mol. The number of amides is 8. The first-order chi connectivity index (χ1) is 50.6. The van der Waals surface area contributed by atoms with Gasteiger partial charge in [-0.3, -0.25) is 38.4 Å². The molecule has 0 bridgehead atoms. The standard InChI is InChI=1S/C30H44N4O4S.C27H38N4O4S.C26H38N4O3S/c1-17(23-11-10-20(25-18(2)31-16-39-25)12-21(23)14-29(4,5)6)32-27(37)24-13-22(36)15-34(24)28(38)26(30(7,8)9)33-19(3)35;1-15(2)24(33)30-23(27(5,6)7)26(35)31-13-20(32)12-21(31)25(34)29-16(3)18-8-10-19(11-9-18)22-17(4)28-14-36-22;1-15(2)28-23(26(5,6)7)25(33)30-13-20(31)12-21(30)24(32)29-16(3)18-8-10-19(11-9-18)22-17(4)27-14-34-22/h10-12,16-17,22,24,26,36H,13-15H2,1-9H3,(H,32,37)(H,33,35);8-11,14-16,20-21,23,32H,12-13H2,1-7H3,(H,29,34)(H,30,33);8-11,14-16,20-21,23,28,31H,12-13H2,1-7H3,(H,29,32)/t17-,22+,24?,26+;2*16-,20+,21?,23+/m000/s1. The van der Waals surface area contributed by atoms with Gasteiger partial charge in [-0.25, -0.2) is 15.0 Å². The van der Waals surface area contributed by atoms with Crippen molar-refractivity contribution in [1.82, 2.24) is 61.6 Å². The van der Waals surface area contributed by atoms with E-state index in [4.69, 9.17) is 0 Å². The fourth-order valence-corrected chi connectivity index (χ4v) is 16.3. The third-order valence-electron chi connectivity index (χ3n) is 19.8. The minimum Gasteiger partial charge on any atom is -0.391 e. The van der Waals surface area contributed by atoms with Gasteiger partial charge in [0.15, 0.2) is 0 Å². The van der Waals surface area contributed by atoms with Gasteiger partial charge in [0.05, 0.1) is 90.7 Å². The maximum absolute atomic E-state index is 13.6. The lowest BCUT2D eigenvalue weighted by molar-refractivity contribution is -0.144. The Balaban J connectivity index is 0.000000228. The van der Waals surface area contributed by atoms with Crippen LogP contribution in [0.2, 0.25) is 0 Å². The van der Waals surface area contributed by atoms with Crippen LogP contribution in [0.4, 0.5) is 0 Å². The van der Waals surface area contributed by atoms with E-state index in [9.17, 15) is 53.7 Å². The topological polar surface area (TPSA) is 318 Å². The number of rotatable bonds is 21. The molecule has 0 spiro atoms. The molecule has 6 heterocycles. The van der Waals surface area contributed by atoms with Crippen molar-refractivity contribution in [3.8, 4) is 31.3 Å². The molecule has 0 aliphatic carbocycles. The van der Waals surface area contributed by atoms with Gasteiger partial charge < -0.3 is 61.9 Å². The highest BCUT2D eigenvalue weighted by Crippen LogP contribution is 2.37. The number of benzene rings is 3. The van der Waals surface area contributed by atoms with Crippen molar-refractivity contribution in [2.24, 2.45) is 27.6 Å². The van der Waals surface area contributed by atoms with Crippen LogP contribution in [-0.2, 0) is 44.8 Å². The maximum Gasteiger partial charge on any atom is 0.246 e. The Kier molecular flexibility index (Phi) is 30.0. The van der Waals surface area contributed by atoms with Crippen molar-refractivity contribution in [2.45, 2.75) is 264 Å². The van der Waals surface area contributed by atoms with Crippen LogP contribution < -0.4 is 31.9 Å². The van der Waals surface area contributed by atoms with Gasteiger partial charge in [-0.1, -0.05) is 171 Å². The van der Waals surface area contributed by atoms with Gasteiger partial charge in [-0.15, -0.1) is 34.0 Å². The van der Waals surface area contributed by atoms with Crippen LogP contribution in [0.3, 0.4) is 0 Å². The number of nitrogens with one attached hydrogen (secondary N) is 6. The third-order valence-corrected chi connectivity index (χ3v) is 22.8. The highest BCUT2D eigenvalue weighted by Gasteiger charge is 2.48. The molecule has 6 aromatic rings. The van der Waals surface area contributed by atoms with Gasteiger partial charge in [0.1, 0.15) is 30.2 Å². The first-order valence-electron chi connectivity index (χ1n) is 37.9. The molecule has 3 aromatic heterocycles. The van der Waals surface area contributed by atoms with Crippen molar-refractivity contribution in [2.75, 3.05) is 19.6 Å². The van der Waals surface area contributed by atoms with Crippen LogP contribution >= 0.6 is 34.0 Å². The molecular weight excluding hydrogens is 1440 g/mol. The van der Waals surface area contributed by atoms with Crippen LogP contribution in [0, 0.1) is 48.3 Å². The van der Waals surface area contributed by atoms with Gasteiger partial charge in [0.25, 0.3) is 0 Å². The first-order valence-corrected chi connectivity index (χ1v) is 40.5. The fraction of sp³-hybridized carbons (Fsp3) is 0.578. The summed E-state index contributed by atoms with van der Waals surface area (Å²) in [6.07, 6.45) is -0.948. The van der Waals surface area contributed by atoms with E-state index in [1.165, 1.54) is 16.7 Å². The van der Waals surface area contributed by atoms with Crippen molar-refractivity contribution in [1.29, 1.82) is 0 Å². The molecule has 3 unspecified atom stereocenters. The number of β-amino-alcohol motifs (C(OH)–C–C–N with tert-alkyl or cyclic N) is 3. The normalized spacial score (nSPS) is 19.9. The molecule has 596 valence electrons. The van der Waals surface area contributed by atoms with Crippen LogP contribution in [0.25, 0.3) is 31.3 Å². The Labute approximate surface area is 657 Å². The minimum absolute atomic E-state index is 0.0321. The Morgan fingerprint density at radius 1 is 0.459 bits per heavy atom. The number of carbonyl (C=O) groups is 8. The quantitative estimate of drug-likeness (QED) is 0.0323. The second-order valence-corrected chi connectivity index (χ2v) is 37.2. The largest absolute Gasteiger partial charge is 0.391 e. The van der Waals surface area contributed by atoms with Crippen molar-refractivity contribution in [3.05, 3.63) is 123 Å². The Bertz CT molecular complexity index is 4120. The van der Waals surface area contributed by atoms with Crippen LogP contribution in [-0.4, -0.2) is 172 Å². The van der Waals surface area contributed by atoms with Crippen molar-refractivity contribution in [3.63, 3.8) is 0 Å². The van der Waals surface area contributed by atoms with E-state index in [1.807, 2.05) is 183 Å². The number of hydrogen-bond acceptors (Lipinski definition) is 18. The number of aromatic nitrogens is 3. The summed E-state index contributed by atoms with van der Waals surface area (Å²) in [6, 6.07) is 17.3. The summed E-state index contributed by atoms with van der Waals surface area (Å²) in [5, 5.41) is 49.2. The summed E-state index contributed by atoms with van der Waals surface area (Å²) < 4.78 is 0. The number of carbonyl (C=O) groups excluding carboxylic acids is 8. The minimum atomic E-state index is -0.821. The molecule has 0 radical (unpaired) electrons. The van der Waals surface area contributed by atoms with E-state index < -0.39 is 65.4 Å².